The molecule has 108 valence electrons. The minimum Gasteiger partial charge on any atom is -0.493 e. The topological polar surface area (TPSA) is 84.9 Å². The maximum Gasteiger partial charge on any atom is 0.326 e. The molecule has 20 heavy (non-hydrogen) atoms. The lowest BCUT2D eigenvalue weighted by molar-refractivity contribution is -0.139. The van der Waals surface area contributed by atoms with Crippen molar-refractivity contribution in [3.63, 3.8) is 0 Å². The number of hydrogen-bond donors (Lipinski definition) is 2. The maximum atomic E-state index is 12.1. The highest BCUT2D eigenvalue weighted by atomic mass is 16.5. The highest BCUT2D eigenvalue weighted by molar-refractivity contribution is 5.96. The Morgan fingerprint density at radius 2 is 2.30 bits per heavy atom. The predicted octanol–water partition coefficient (Wildman–Crippen LogP) is 0.841. The third-order valence-corrected chi connectivity index (χ3v) is 3.17. The van der Waals surface area contributed by atoms with Crippen LogP contribution in [0.4, 0.5) is 0 Å². The molecular weight excluding hydrogens is 262 g/mol. The van der Waals surface area contributed by atoms with E-state index in [4.69, 9.17) is 14.6 Å². The molecule has 1 aliphatic rings. The van der Waals surface area contributed by atoms with Gasteiger partial charge in [-0.2, -0.15) is 0 Å². The number of carbonyl (C=O) groups is 2. The van der Waals surface area contributed by atoms with Crippen molar-refractivity contribution in [2.45, 2.75) is 18.9 Å². The standard InChI is InChI=1S/C14H17NO5/c1-19-6-5-11(14(17)18)15-13(16)10-2-3-12-9(8-10)4-7-20-12/h2-3,8,11H,4-7H2,1H3,(H,15,16)(H,17,18)/t11-/m1/s1. The van der Waals surface area contributed by atoms with Crippen molar-refractivity contribution in [1.29, 1.82) is 0 Å². The molecule has 0 unspecified atom stereocenters. The molecule has 1 aliphatic heterocycles. The van der Waals surface area contributed by atoms with Crippen LogP contribution in [0.25, 0.3) is 0 Å². The van der Waals surface area contributed by atoms with Crippen LogP contribution >= 0.6 is 0 Å². The van der Waals surface area contributed by atoms with E-state index in [9.17, 15) is 9.59 Å². The van der Waals surface area contributed by atoms with Gasteiger partial charge in [0.1, 0.15) is 11.8 Å². The Labute approximate surface area is 116 Å². The second-order valence-electron chi connectivity index (χ2n) is 4.57. The summed E-state index contributed by atoms with van der Waals surface area (Å²) in [6.45, 7) is 0.890. The summed E-state index contributed by atoms with van der Waals surface area (Å²) in [6, 6.07) is 4.16. The summed E-state index contributed by atoms with van der Waals surface area (Å²) < 4.78 is 10.2. The van der Waals surface area contributed by atoms with E-state index in [0.29, 0.717) is 12.2 Å². The minimum atomic E-state index is -1.07. The summed E-state index contributed by atoms with van der Waals surface area (Å²) >= 11 is 0. The molecule has 1 amide bonds. The van der Waals surface area contributed by atoms with E-state index in [1.807, 2.05) is 0 Å². The molecule has 0 radical (unpaired) electrons. The van der Waals surface area contributed by atoms with Crippen LogP contribution in [0.1, 0.15) is 22.3 Å². The summed E-state index contributed by atoms with van der Waals surface area (Å²) in [4.78, 5) is 23.1. The van der Waals surface area contributed by atoms with E-state index in [1.165, 1.54) is 7.11 Å². The number of nitrogens with one attached hydrogen (secondary N) is 1. The van der Waals surface area contributed by atoms with Gasteiger partial charge in [0.15, 0.2) is 0 Å². The van der Waals surface area contributed by atoms with Gasteiger partial charge < -0.3 is 19.9 Å². The molecule has 0 bridgehead atoms. The fraction of sp³-hybridized carbons (Fsp3) is 0.429. The quantitative estimate of drug-likeness (QED) is 0.806. The zero-order valence-electron chi connectivity index (χ0n) is 11.2. The van der Waals surface area contributed by atoms with Gasteiger partial charge in [-0.1, -0.05) is 0 Å². The lowest BCUT2D eigenvalue weighted by Gasteiger charge is -2.14. The van der Waals surface area contributed by atoms with Gasteiger partial charge >= 0.3 is 5.97 Å². The SMILES string of the molecule is COCC[C@@H](NC(=O)c1ccc2c(c1)CCO2)C(=O)O. The average Bonchev–Trinajstić information content (AvgIpc) is 2.90. The number of methoxy groups -OCH3 is 1. The van der Waals surface area contributed by atoms with Crippen LogP contribution in [0.5, 0.6) is 5.75 Å². The van der Waals surface area contributed by atoms with E-state index >= 15 is 0 Å². The number of aliphatic carboxylic acids is 1. The van der Waals surface area contributed by atoms with Crippen LogP contribution in [-0.2, 0) is 16.0 Å². The Morgan fingerprint density at radius 3 is 3.00 bits per heavy atom. The smallest absolute Gasteiger partial charge is 0.326 e. The molecule has 1 aromatic carbocycles. The summed E-state index contributed by atoms with van der Waals surface area (Å²) in [5.74, 6) is -0.682. The molecule has 0 spiro atoms. The number of carboxylic acids is 1. The zero-order valence-corrected chi connectivity index (χ0v) is 11.2. The molecule has 0 aromatic heterocycles. The summed E-state index contributed by atoms with van der Waals surface area (Å²) in [6.07, 6.45) is 0.994. The molecule has 2 N–H and O–H groups in total. The van der Waals surface area contributed by atoms with Gasteiger partial charge in [-0.25, -0.2) is 4.79 Å². The molecule has 1 heterocycles. The number of carbonyl (C=O) groups excluding carboxylic acids is 1. The fourth-order valence-electron chi connectivity index (χ4n) is 2.06. The van der Waals surface area contributed by atoms with Gasteiger partial charge in [-0.15, -0.1) is 0 Å². The average molecular weight is 279 g/mol. The number of ether oxygens (including phenoxy) is 2. The molecule has 6 heteroatoms. The number of hydrogen-bond acceptors (Lipinski definition) is 4. The van der Waals surface area contributed by atoms with Gasteiger partial charge in [0, 0.05) is 32.1 Å². The second-order valence-corrected chi connectivity index (χ2v) is 4.57. The van der Waals surface area contributed by atoms with E-state index in [2.05, 4.69) is 5.32 Å². The third-order valence-electron chi connectivity index (χ3n) is 3.17. The van der Waals surface area contributed by atoms with Gasteiger partial charge in [-0.05, 0) is 23.8 Å². The Hall–Kier alpha value is -2.08. The molecular formula is C14H17NO5. The molecule has 1 atom stereocenters. The van der Waals surface area contributed by atoms with Gasteiger partial charge in [-0.3, -0.25) is 4.79 Å². The van der Waals surface area contributed by atoms with Gasteiger partial charge in [0.25, 0.3) is 5.91 Å². The molecule has 2 rings (SSSR count). The summed E-state index contributed by atoms with van der Waals surface area (Å²) in [5, 5.41) is 11.6. The molecule has 6 nitrogen and oxygen atoms in total. The van der Waals surface area contributed by atoms with Gasteiger partial charge in [0.2, 0.25) is 0 Å². The Morgan fingerprint density at radius 1 is 1.50 bits per heavy atom. The van der Waals surface area contributed by atoms with Crippen molar-refractivity contribution in [3.8, 4) is 5.75 Å². The van der Waals surface area contributed by atoms with Crippen molar-refractivity contribution >= 4 is 11.9 Å². The third kappa shape index (κ3) is 3.27. The number of rotatable bonds is 6. The first kappa shape index (κ1) is 14.3. The monoisotopic (exact) mass is 279 g/mol. The van der Waals surface area contributed by atoms with Crippen LogP contribution < -0.4 is 10.1 Å². The number of carboxylic acid groups (broad SMARTS) is 1. The molecule has 1 aromatic rings. The summed E-state index contributed by atoms with van der Waals surface area (Å²) in [7, 11) is 1.49. The normalized spacial score (nSPS) is 14.2. The van der Waals surface area contributed by atoms with Crippen LogP contribution in [0, 0.1) is 0 Å². The van der Waals surface area contributed by atoms with Crippen molar-refractivity contribution in [2.75, 3.05) is 20.3 Å². The van der Waals surface area contributed by atoms with Gasteiger partial charge in [0.05, 0.1) is 6.61 Å². The number of amides is 1. The molecule has 0 aliphatic carbocycles. The molecule has 0 saturated carbocycles. The minimum absolute atomic E-state index is 0.228. The van der Waals surface area contributed by atoms with Crippen molar-refractivity contribution < 1.29 is 24.2 Å². The highest BCUT2D eigenvalue weighted by Crippen LogP contribution is 2.25. The number of fused-ring (bicyclic) bond motifs is 1. The van der Waals surface area contributed by atoms with Crippen LogP contribution in [0.2, 0.25) is 0 Å². The molecule has 0 fully saturated rings. The largest absolute Gasteiger partial charge is 0.493 e. The first-order valence-corrected chi connectivity index (χ1v) is 6.40. The first-order chi connectivity index (χ1) is 9.61. The Bertz CT molecular complexity index is 514. The van der Waals surface area contributed by atoms with E-state index in [1.54, 1.807) is 18.2 Å². The van der Waals surface area contributed by atoms with Crippen LogP contribution in [0.15, 0.2) is 18.2 Å². The van der Waals surface area contributed by atoms with Crippen molar-refractivity contribution in [2.24, 2.45) is 0 Å². The Kier molecular flexibility index (Phi) is 4.57. The first-order valence-electron chi connectivity index (χ1n) is 6.40. The van der Waals surface area contributed by atoms with E-state index in [-0.39, 0.29) is 13.0 Å². The van der Waals surface area contributed by atoms with E-state index in [0.717, 1.165) is 17.7 Å². The van der Waals surface area contributed by atoms with Crippen molar-refractivity contribution in [1.82, 2.24) is 5.32 Å². The predicted molar refractivity (Wildman–Crippen MR) is 71.0 cm³/mol. The number of benzene rings is 1. The van der Waals surface area contributed by atoms with Crippen LogP contribution in [0.3, 0.4) is 0 Å². The van der Waals surface area contributed by atoms with E-state index < -0.39 is 17.9 Å². The lowest BCUT2D eigenvalue weighted by atomic mass is 10.1. The maximum absolute atomic E-state index is 12.1. The highest BCUT2D eigenvalue weighted by Gasteiger charge is 2.21. The summed E-state index contributed by atoms with van der Waals surface area (Å²) in [5.41, 5.74) is 1.42. The fourth-order valence-corrected chi connectivity index (χ4v) is 2.06. The molecule has 0 saturated heterocycles. The lowest BCUT2D eigenvalue weighted by Crippen LogP contribution is -2.41. The second kappa shape index (κ2) is 6.38. The van der Waals surface area contributed by atoms with Crippen LogP contribution in [-0.4, -0.2) is 43.3 Å². The zero-order chi connectivity index (χ0) is 14.5. The van der Waals surface area contributed by atoms with Crippen molar-refractivity contribution in [3.05, 3.63) is 29.3 Å². The Balaban J connectivity index is 2.04.